The summed E-state index contributed by atoms with van der Waals surface area (Å²) < 4.78 is 5.19. The molecular weight excluding hydrogens is 240 g/mol. The quantitative estimate of drug-likeness (QED) is 0.851. The summed E-state index contributed by atoms with van der Waals surface area (Å²) in [5.41, 5.74) is 0. The number of nitrogens with one attached hydrogen (secondary N) is 1. The molecule has 1 aliphatic rings. The molecule has 0 radical (unpaired) electrons. The molecule has 1 aromatic rings. The molecule has 5 heteroatoms. The molecule has 0 aromatic carbocycles. The molecule has 0 unspecified atom stereocenters. The minimum absolute atomic E-state index is 0.512. The van der Waals surface area contributed by atoms with E-state index in [0.29, 0.717) is 6.04 Å². The zero-order valence-corrected chi connectivity index (χ0v) is 12.4. The second-order valence-electron chi connectivity index (χ2n) is 5.67. The maximum absolute atomic E-state index is 5.19. The predicted molar refractivity (Wildman–Crippen MR) is 74.8 cm³/mol. The van der Waals surface area contributed by atoms with E-state index in [1.807, 2.05) is 6.92 Å². The second-order valence-corrected chi connectivity index (χ2v) is 5.67. The van der Waals surface area contributed by atoms with Gasteiger partial charge in [-0.3, -0.25) is 4.90 Å². The van der Waals surface area contributed by atoms with Crippen LogP contribution in [0.25, 0.3) is 0 Å². The molecule has 2 rings (SSSR count). The average molecular weight is 266 g/mol. The first kappa shape index (κ1) is 14.5. The van der Waals surface area contributed by atoms with Gasteiger partial charge >= 0.3 is 0 Å². The molecule has 2 heterocycles. The molecule has 1 saturated heterocycles. The molecule has 0 bridgehead atoms. The molecule has 1 aromatic heterocycles. The predicted octanol–water partition coefficient (Wildman–Crippen LogP) is 1.84. The van der Waals surface area contributed by atoms with Gasteiger partial charge in [0.2, 0.25) is 5.89 Å². The Hall–Kier alpha value is -0.940. The number of aromatic nitrogens is 2. The van der Waals surface area contributed by atoms with Crippen LogP contribution in [-0.4, -0.2) is 40.7 Å². The Morgan fingerprint density at radius 2 is 2.11 bits per heavy atom. The van der Waals surface area contributed by atoms with E-state index in [1.165, 1.54) is 12.8 Å². The van der Waals surface area contributed by atoms with Gasteiger partial charge in [-0.15, -0.1) is 0 Å². The van der Waals surface area contributed by atoms with Crippen LogP contribution in [-0.2, 0) is 13.0 Å². The SMILES string of the molecule is CCc1nc(CN(CC2CCNCC2)C(C)C)no1. The van der Waals surface area contributed by atoms with Gasteiger partial charge in [0, 0.05) is 19.0 Å². The van der Waals surface area contributed by atoms with Crippen LogP contribution in [0.2, 0.25) is 0 Å². The third-order valence-electron chi connectivity index (χ3n) is 3.84. The largest absolute Gasteiger partial charge is 0.339 e. The number of hydrogen-bond donors (Lipinski definition) is 1. The summed E-state index contributed by atoms with van der Waals surface area (Å²) in [5.74, 6) is 2.35. The first-order valence-corrected chi connectivity index (χ1v) is 7.45. The highest BCUT2D eigenvalue weighted by molar-refractivity contribution is 4.87. The van der Waals surface area contributed by atoms with Crippen LogP contribution in [0, 0.1) is 5.92 Å². The van der Waals surface area contributed by atoms with Gasteiger partial charge in [-0.25, -0.2) is 0 Å². The molecule has 1 fully saturated rings. The van der Waals surface area contributed by atoms with Crippen molar-refractivity contribution in [3.8, 4) is 0 Å². The zero-order valence-electron chi connectivity index (χ0n) is 12.4. The van der Waals surface area contributed by atoms with Gasteiger partial charge in [-0.1, -0.05) is 12.1 Å². The van der Waals surface area contributed by atoms with Crippen molar-refractivity contribution >= 4 is 0 Å². The molecule has 0 amide bonds. The number of hydrogen-bond acceptors (Lipinski definition) is 5. The van der Waals surface area contributed by atoms with Crippen LogP contribution in [0.4, 0.5) is 0 Å². The number of piperidine rings is 1. The second kappa shape index (κ2) is 7.01. The van der Waals surface area contributed by atoms with Gasteiger partial charge in [0.25, 0.3) is 0 Å². The van der Waals surface area contributed by atoms with E-state index in [4.69, 9.17) is 4.52 Å². The number of nitrogens with zero attached hydrogens (tertiary/aromatic N) is 3. The fourth-order valence-electron chi connectivity index (χ4n) is 2.53. The highest BCUT2D eigenvalue weighted by Gasteiger charge is 2.20. The maximum atomic E-state index is 5.19. The average Bonchev–Trinajstić information content (AvgIpc) is 2.87. The van der Waals surface area contributed by atoms with Crippen molar-refractivity contribution in [3.05, 3.63) is 11.7 Å². The van der Waals surface area contributed by atoms with Crippen LogP contribution >= 0.6 is 0 Å². The van der Waals surface area contributed by atoms with Crippen LogP contribution < -0.4 is 5.32 Å². The molecule has 0 aliphatic carbocycles. The fraction of sp³-hybridized carbons (Fsp3) is 0.857. The molecule has 1 N–H and O–H groups in total. The van der Waals surface area contributed by atoms with E-state index in [0.717, 1.165) is 50.2 Å². The maximum Gasteiger partial charge on any atom is 0.226 e. The summed E-state index contributed by atoms with van der Waals surface area (Å²) in [6, 6.07) is 0.512. The number of aryl methyl sites for hydroxylation is 1. The smallest absolute Gasteiger partial charge is 0.226 e. The number of rotatable bonds is 6. The Balaban J connectivity index is 1.91. The van der Waals surface area contributed by atoms with E-state index in [9.17, 15) is 0 Å². The Morgan fingerprint density at radius 3 is 2.68 bits per heavy atom. The molecule has 19 heavy (non-hydrogen) atoms. The Kier molecular flexibility index (Phi) is 5.34. The van der Waals surface area contributed by atoms with Gasteiger partial charge in [0.05, 0.1) is 6.54 Å². The fourth-order valence-corrected chi connectivity index (χ4v) is 2.53. The standard InChI is InChI=1S/C14H26N4O/c1-4-14-16-13(17-19-14)10-18(11(2)3)9-12-5-7-15-8-6-12/h11-12,15H,4-10H2,1-3H3. The molecule has 1 aliphatic heterocycles. The highest BCUT2D eigenvalue weighted by atomic mass is 16.5. The highest BCUT2D eigenvalue weighted by Crippen LogP contribution is 2.16. The van der Waals surface area contributed by atoms with E-state index in [1.54, 1.807) is 0 Å². The summed E-state index contributed by atoms with van der Waals surface area (Å²) in [5, 5.41) is 7.48. The molecule has 0 saturated carbocycles. The van der Waals surface area contributed by atoms with Crippen molar-refractivity contribution in [1.29, 1.82) is 0 Å². The lowest BCUT2D eigenvalue weighted by atomic mass is 9.97. The van der Waals surface area contributed by atoms with Crippen molar-refractivity contribution in [2.45, 2.75) is 52.6 Å². The van der Waals surface area contributed by atoms with Gasteiger partial charge in [-0.2, -0.15) is 4.98 Å². The summed E-state index contributed by atoms with van der Waals surface area (Å²) in [4.78, 5) is 6.87. The molecular formula is C14H26N4O. The lowest BCUT2D eigenvalue weighted by molar-refractivity contribution is 0.156. The molecule has 108 valence electrons. The zero-order chi connectivity index (χ0) is 13.7. The van der Waals surface area contributed by atoms with E-state index < -0.39 is 0 Å². The Morgan fingerprint density at radius 1 is 1.37 bits per heavy atom. The molecule has 0 atom stereocenters. The minimum Gasteiger partial charge on any atom is -0.339 e. The molecule has 5 nitrogen and oxygen atoms in total. The summed E-state index contributed by atoms with van der Waals surface area (Å²) in [6.45, 7) is 10.7. The normalized spacial score (nSPS) is 17.5. The third kappa shape index (κ3) is 4.28. The van der Waals surface area contributed by atoms with Crippen LogP contribution in [0.5, 0.6) is 0 Å². The van der Waals surface area contributed by atoms with Gasteiger partial charge in [0.15, 0.2) is 5.82 Å². The first-order chi connectivity index (χ1) is 9.19. The van der Waals surface area contributed by atoms with Gasteiger partial charge < -0.3 is 9.84 Å². The van der Waals surface area contributed by atoms with Crippen LogP contribution in [0.15, 0.2) is 4.52 Å². The van der Waals surface area contributed by atoms with Crippen molar-refractivity contribution in [3.63, 3.8) is 0 Å². The Labute approximate surface area is 115 Å². The van der Waals surface area contributed by atoms with Crippen LogP contribution in [0.1, 0.15) is 45.3 Å². The monoisotopic (exact) mass is 266 g/mol. The lowest BCUT2D eigenvalue weighted by Gasteiger charge is -2.31. The van der Waals surface area contributed by atoms with E-state index in [2.05, 4.69) is 34.2 Å². The lowest BCUT2D eigenvalue weighted by Crippen LogP contribution is -2.39. The van der Waals surface area contributed by atoms with Crippen molar-refractivity contribution < 1.29 is 4.52 Å². The molecule has 0 spiro atoms. The van der Waals surface area contributed by atoms with Crippen molar-refractivity contribution in [2.24, 2.45) is 5.92 Å². The van der Waals surface area contributed by atoms with Crippen molar-refractivity contribution in [1.82, 2.24) is 20.4 Å². The summed E-state index contributed by atoms with van der Waals surface area (Å²) >= 11 is 0. The summed E-state index contributed by atoms with van der Waals surface area (Å²) in [6.07, 6.45) is 3.36. The van der Waals surface area contributed by atoms with Crippen molar-refractivity contribution in [2.75, 3.05) is 19.6 Å². The van der Waals surface area contributed by atoms with E-state index >= 15 is 0 Å². The van der Waals surface area contributed by atoms with Gasteiger partial charge in [0.1, 0.15) is 0 Å². The summed E-state index contributed by atoms with van der Waals surface area (Å²) in [7, 11) is 0. The van der Waals surface area contributed by atoms with E-state index in [-0.39, 0.29) is 0 Å². The van der Waals surface area contributed by atoms with Gasteiger partial charge in [-0.05, 0) is 45.7 Å². The topological polar surface area (TPSA) is 54.2 Å². The Bertz CT molecular complexity index is 371. The third-order valence-corrected chi connectivity index (χ3v) is 3.84. The first-order valence-electron chi connectivity index (χ1n) is 7.45. The van der Waals surface area contributed by atoms with Crippen LogP contribution in [0.3, 0.4) is 0 Å². The minimum atomic E-state index is 0.512.